The molecule has 8 nitrogen and oxygen atoms in total. The van der Waals surface area contributed by atoms with Crippen LogP contribution < -0.4 is 19.1 Å². The number of anilines is 1. The number of nitrogens with zero attached hydrogens (tertiary/aromatic N) is 3. The van der Waals surface area contributed by atoms with Gasteiger partial charge in [-0.2, -0.15) is 0 Å². The lowest BCUT2D eigenvalue weighted by molar-refractivity contribution is -0.117. The van der Waals surface area contributed by atoms with Gasteiger partial charge in [0.15, 0.2) is 11.5 Å². The van der Waals surface area contributed by atoms with E-state index in [0.717, 1.165) is 18.5 Å². The van der Waals surface area contributed by atoms with Crippen LogP contribution in [-0.2, 0) is 11.2 Å². The van der Waals surface area contributed by atoms with Crippen molar-refractivity contribution in [2.24, 2.45) is 0 Å². The van der Waals surface area contributed by atoms with Crippen LogP contribution in [0.15, 0.2) is 46.0 Å². The average Bonchev–Trinajstić information content (AvgIpc) is 3.30. The fourth-order valence-electron chi connectivity index (χ4n) is 3.76. The molecule has 2 aromatic carbocycles. The van der Waals surface area contributed by atoms with Crippen LogP contribution in [0.1, 0.15) is 18.9 Å². The molecule has 1 atom stereocenters. The maximum atomic E-state index is 13.1. The van der Waals surface area contributed by atoms with Gasteiger partial charge < -0.3 is 23.5 Å². The van der Waals surface area contributed by atoms with Crippen molar-refractivity contribution in [3.05, 3.63) is 42.0 Å². The summed E-state index contributed by atoms with van der Waals surface area (Å²) in [6.45, 7) is 2.56. The number of hydrogen-bond acceptors (Lipinski definition) is 8. The van der Waals surface area contributed by atoms with E-state index in [1.54, 1.807) is 33.5 Å². The van der Waals surface area contributed by atoms with Crippen molar-refractivity contribution in [2.45, 2.75) is 30.2 Å². The van der Waals surface area contributed by atoms with Gasteiger partial charge in [-0.15, -0.1) is 10.2 Å². The van der Waals surface area contributed by atoms with Crippen molar-refractivity contribution in [2.75, 3.05) is 32.8 Å². The fraction of sp³-hybridized carbons (Fsp3) is 0.348. The summed E-state index contributed by atoms with van der Waals surface area (Å²) < 4.78 is 22.0. The molecule has 2 heterocycles. The van der Waals surface area contributed by atoms with Crippen LogP contribution >= 0.6 is 11.8 Å². The summed E-state index contributed by atoms with van der Waals surface area (Å²) in [6.07, 6.45) is 1.94. The van der Waals surface area contributed by atoms with Crippen molar-refractivity contribution in [3.8, 4) is 28.7 Å². The lowest BCUT2D eigenvalue weighted by Gasteiger charge is -2.31. The number of fused-ring (bicyclic) bond motifs is 1. The van der Waals surface area contributed by atoms with Gasteiger partial charge in [-0.05, 0) is 43.5 Å². The van der Waals surface area contributed by atoms with E-state index in [1.165, 1.54) is 17.3 Å². The van der Waals surface area contributed by atoms with Crippen LogP contribution in [0.4, 0.5) is 5.69 Å². The molecule has 0 bridgehead atoms. The molecule has 0 fully saturated rings. The van der Waals surface area contributed by atoms with Crippen molar-refractivity contribution in [1.82, 2.24) is 10.2 Å². The molecule has 0 saturated heterocycles. The molecule has 32 heavy (non-hydrogen) atoms. The zero-order valence-corrected chi connectivity index (χ0v) is 19.3. The van der Waals surface area contributed by atoms with E-state index in [2.05, 4.69) is 16.3 Å². The van der Waals surface area contributed by atoms with E-state index in [-0.39, 0.29) is 11.2 Å². The number of benzene rings is 2. The Morgan fingerprint density at radius 2 is 1.81 bits per heavy atom. The third-order valence-electron chi connectivity index (χ3n) is 5.32. The Morgan fingerprint density at radius 3 is 2.50 bits per heavy atom. The van der Waals surface area contributed by atoms with E-state index in [4.69, 9.17) is 18.6 Å². The minimum Gasteiger partial charge on any atom is -0.493 e. The van der Waals surface area contributed by atoms with E-state index in [0.29, 0.717) is 40.5 Å². The Balaban J connectivity index is 1.52. The standard InChI is InChI=1S/C23H25N3O5S/c1-14(22(27)26-11-7-9-15-8-5-6-10-17(15)26)32-23-25-24-21(31-23)16-12-18(28-2)20(30-4)19(13-16)29-3/h5-6,8,10,12-14H,7,9,11H2,1-4H3/t14-/m1/s1. The van der Waals surface area contributed by atoms with Gasteiger partial charge in [-0.1, -0.05) is 30.0 Å². The van der Waals surface area contributed by atoms with E-state index in [9.17, 15) is 4.79 Å². The van der Waals surface area contributed by atoms with Gasteiger partial charge in [-0.3, -0.25) is 4.79 Å². The summed E-state index contributed by atoms with van der Waals surface area (Å²) in [6, 6.07) is 11.5. The quantitative estimate of drug-likeness (QED) is 0.490. The molecule has 0 N–H and O–H groups in total. The minimum absolute atomic E-state index is 0.0229. The first-order chi connectivity index (χ1) is 15.5. The van der Waals surface area contributed by atoms with Gasteiger partial charge in [0, 0.05) is 17.8 Å². The van der Waals surface area contributed by atoms with Crippen LogP contribution in [0, 0.1) is 0 Å². The zero-order valence-electron chi connectivity index (χ0n) is 18.5. The molecule has 9 heteroatoms. The van der Waals surface area contributed by atoms with Crippen molar-refractivity contribution in [3.63, 3.8) is 0 Å². The predicted octanol–water partition coefficient (Wildman–Crippen LogP) is 4.22. The molecule has 1 aromatic heterocycles. The van der Waals surface area contributed by atoms with Crippen LogP contribution in [0.3, 0.4) is 0 Å². The largest absolute Gasteiger partial charge is 0.493 e. The van der Waals surface area contributed by atoms with Gasteiger partial charge in [0.05, 0.1) is 26.6 Å². The van der Waals surface area contributed by atoms with Gasteiger partial charge in [0.1, 0.15) is 0 Å². The molecule has 1 aliphatic rings. The molecule has 0 unspecified atom stereocenters. The molecule has 168 valence electrons. The number of rotatable bonds is 7. The van der Waals surface area contributed by atoms with E-state index >= 15 is 0 Å². The number of methoxy groups -OCH3 is 3. The summed E-state index contributed by atoms with van der Waals surface area (Å²) in [4.78, 5) is 15.0. The first-order valence-corrected chi connectivity index (χ1v) is 11.1. The highest BCUT2D eigenvalue weighted by Crippen LogP contribution is 2.41. The molecule has 0 saturated carbocycles. The first-order valence-electron chi connectivity index (χ1n) is 10.3. The number of thioether (sulfide) groups is 1. The fourth-order valence-corrected chi connectivity index (χ4v) is 4.51. The van der Waals surface area contributed by atoms with Crippen LogP contribution in [0.5, 0.6) is 17.2 Å². The second kappa shape index (κ2) is 9.52. The second-order valence-electron chi connectivity index (χ2n) is 7.27. The Morgan fingerprint density at radius 1 is 1.09 bits per heavy atom. The number of ether oxygens (including phenoxy) is 3. The number of aryl methyl sites for hydroxylation is 1. The van der Waals surface area contributed by atoms with Gasteiger partial charge in [0.25, 0.3) is 5.22 Å². The van der Waals surface area contributed by atoms with Crippen LogP contribution in [-0.4, -0.2) is 49.2 Å². The molecule has 0 spiro atoms. The summed E-state index contributed by atoms with van der Waals surface area (Å²) in [5.41, 5.74) is 2.81. The lowest BCUT2D eigenvalue weighted by Crippen LogP contribution is -2.40. The monoisotopic (exact) mass is 455 g/mol. The third kappa shape index (κ3) is 4.25. The highest BCUT2D eigenvalue weighted by Gasteiger charge is 2.28. The second-order valence-corrected chi connectivity index (χ2v) is 8.56. The Hall–Kier alpha value is -3.20. The minimum atomic E-state index is -0.380. The van der Waals surface area contributed by atoms with Gasteiger partial charge in [-0.25, -0.2) is 0 Å². The van der Waals surface area contributed by atoms with E-state index in [1.807, 2.05) is 30.0 Å². The van der Waals surface area contributed by atoms with Gasteiger partial charge in [0.2, 0.25) is 17.5 Å². The molecule has 3 aromatic rings. The molecule has 4 rings (SSSR count). The van der Waals surface area contributed by atoms with Crippen LogP contribution in [0.2, 0.25) is 0 Å². The third-order valence-corrected chi connectivity index (χ3v) is 6.24. The number of hydrogen-bond donors (Lipinski definition) is 0. The topological polar surface area (TPSA) is 86.9 Å². The summed E-state index contributed by atoms with van der Waals surface area (Å²) in [5, 5.41) is 8.20. The Bertz CT molecular complexity index is 1090. The number of carbonyl (C=O) groups excluding carboxylic acids is 1. The molecule has 1 amide bonds. The SMILES string of the molecule is COc1cc(-c2nnc(S[C@H](C)C(=O)N3CCCc4ccccc43)o2)cc(OC)c1OC. The number of amides is 1. The van der Waals surface area contributed by atoms with E-state index < -0.39 is 0 Å². The summed E-state index contributed by atoms with van der Waals surface area (Å²) >= 11 is 1.24. The summed E-state index contributed by atoms with van der Waals surface area (Å²) in [5.74, 6) is 1.78. The molecule has 1 aliphatic heterocycles. The molecular weight excluding hydrogens is 430 g/mol. The van der Waals surface area contributed by atoms with Crippen molar-refractivity contribution < 1.29 is 23.4 Å². The zero-order chi connectivity index (χ0) is 22.7. The molecular formula is C23H25N3O5S. The summed E-state index contributed by atoms with van der Waals surface area (Å²) in [7, 11) is 4.63. The average molecular weight is 456 g/mol. The van der Waals surface area contributed by atoms with Crippen LogP contribution in [0.25, 0.3) is 11.5 Å². The smallest absolute Gasteiger partial charge is 0.277 e. The number of carbonyl (C=O) groups is 1. The van der Waals surface area contributed by atoms with Crippen molar-refractivity contribution >= 4 is 23.4 Å². The lowest BCUT2D eigenvalue weighted by atomic mass is 10.0. The predicted molar refractivity (Wildman–Crippen MR) is 122 cm³/mol. The maximum absolute atomic E-state index is 13.1. The molecule has 0 radical (unpaired) electrons. The highest BCUT2D eigenvalue weighted by molar-refractivity contribution is 8.00. The number of para-hydroxylation sites is 1. The Kier molecular flexibility index (Phi) is 6.55. The molecule has 0 aliphatic carbocycles. The van der Waals surface area contributed by atoms with Crippen molar-refractivity contribution in [1.29, 1.82) is 0 Å². The Labute approximate surface area is 190 Å². The number of aromatic nitrogens is 2. The maximum Gasteiger partial charge on any atom is 0.277 e. The highest BCUT2D eigenvalue weighted by atomic mass is 32.2. The first kappa shape index (κ1) is 22.0. The van der Waals surface area contributed by atoms with Gasteiger partial charge >= 0.3 is 0 Å². The normalized spacial score (nSPS) is 13.9.